The van der Waals surface area contributed by atoms with Crippen LogP contribution < -0.4 is 0 Å². The molecule has 0 amide bonds. The van der Waals surface area contributed by atoms with Crippen molar-refractivity contribution in [1.82, 2.24) is 4.90 Å². The molecule has 0 aromatic rings. The second-order valence-electron chi connectivity index (χ2n) is 3.11. The summed E-state index contributed by atoms with van der Waals surface area (Å²) in [5.74, 6) is 0.286. The molecule has 0 aromatic carbocycles. The average Bonchev–Trinajstić information content (AvgIpc) is 1.97. The fourth-order valence-corrected chi connectivity index (χ4v) is 0.888. The van der Waals surface area contributed by atoms with Gasteiger partial charge in [0.05, 0.1) is 0 Å². The normalized spacial score (nSPS) is 10.5. The molecule has 0 atom stereocenters. The third-order valence-electron chi connectivity index (χ3n) is 1.74. The Morgan fingerprint density at radius 2 is 2.00 bits per heavy atom. The van der Waals surface area contributed by atoms with E-state index in [1.54, 1.807) is 6.92 Å². The highest BCUT2D eigenvalue weighted by Crippen LogP contribution is 1.93. The molecule has 0 unspecified atom stereocenters. The van der Waals surface area contributed by atoms with Crippen LogP contribution in [-0.2, 0) is 4.79 Å². The van der Waals surface area contributed by atoms with Crippen molar-refractivity contribution in [3.05, 3.63) is 0 Å². The van der Waals surface area contributed by atoms with E-state index in [0.29, 0.717) is 6.42 Å². The van der Waals surface area contributed by atoms with E-state index in [1.807, 2.05) is 0 Å². The van der Waals surface area contributed by atoms with Crippen molar-refractivity contribution in [1.29, 1.82) is 0 Å². The summed E-state index contributed by atoms with van der Waals surface area (Å²) in [6.07, 6.45) is 3.15. The van der Waals surface area contributed by atoms with Gasteiger partial charge in [0.1, 0.15) is 5.78 Å². The second-order valence-corrected chi connectivity index (χ2v) is 3.11. The summed E-state index contributed by atoms with van der Waals surface area (Å²) in [5.41, 5.74) is 0. The van der Waals surface area contributed by atoms with E-state index in [9.17, 15) is 4.79 Å². The van der Waals surface area contributed by atoms with Crippen LogP contribution >= 0.6 is 0 Å². The first-order valence-corrected chi connectivity index (χ1v) is 4.34. The van der Waals surface area contributed by atoms with E-state index in [0.717, 1.165) is 13.1 Å². The Hall–Kier alpha value is -0.370. The lowest BCUT2D eigenvalue weighted by Gasteiger charge is -2.14. The maximum atomic E-state index is 10.6. The van der Waals surface area contributed by atoms with Crippen molar-refractivity contribution in [2.75, 3.05) is 20.1 Å². The van der Waals surface area contributed by atoms with E-state index in [1.165, 1.54) is 12.8 Å². The summed E-state index contributed by atoms with van der Waals surface area (Å²) in [6.45, 7) is 5.85. The minimum atomic E-state index is 0.286. The number of rotatable bonds is 6. The van der Waals surface area contributed by atoms with Crippen molar-refractivity contribution in [2.24, 2.45) is 0 Å². The number of hydrogen-bond donors (Lipinski definition) is 0. The molecule has 0 aliphatic heterocycles. The molecule has 0 aliphatic carbocycles. The van der Waals surface area contributed by atoms with Crippen LogP contribution in [0, 0.1) is 0 Å². The lowest BCUT2D eigenvalue weighted by molar-refractivity contribution is -0.117. The van der Waals surface area contributed by atoms with E-state index in [-0.39, 0.29) is 5.78 Å². The lowest BCUT2D eigenvalue weighted by Crippen LogP contribution is -2.22. The number of hydrogen-bond acceptors (Lipinski definition) is 2. The quantitative estimate of drug-likeness (QED) is 0.585. The van der Waals surface area contributed by atoms with Crippen LogP contribution in [0.1, 0.15) is 33.1 Å². The topological polar surface area (TPSA) is 20.3 Å². The van der Waals surface area contributed by atoms with Crippen LogP contribution in [0.15, 0.2) is 0 Å². The van der Waals surface area contributed by atoms with Gasteiger partial charge in [0, 0.05) is 13.0 Å². The molecule has 0 saturated carbocycles. The Bertz CT molecular complexity index is 112. The summed E-state index contributed by atoms with van der Waals surface area (Å²) in [6, 6.07) is 0. The van der Waals surface area contributed by atoms with Crippen molar-refractivity contribution in [2.45, 2.75) is 33.1 Å². The summed E-state index contributed by atoms with van der Waals surface area (Å²) in [7, 11) is 2.07. The monoisotopic (exact) mass is 157 g/mol. The molecule has 0 aliphatic rings. The van der Waals surface area contributed by atoms with Gasteiger partial charge >= 0.3 is 0 Å². The van der Waals surface area contributed by atoms with E-state index in [2.05, 4.69) is 18.9 Å². The van der Waals surface area contributed by atoms with Crippen molar-refractivity contribution in [3.63, 3.8) is 0 Å². The van der Waals surface area contributed by atoms with E-state index in [4.69, 9.17) is 0 Å². The highest BCUT2D eigenvalue weighted by atomic mass is 16.1. The standard InChI is InChI=1S/C9H19NO/c1-4-5-7-10(3)8-6-9(2)11/h4-8H2,1-3H3. The van der Waals surface area contributed by atoms with Crippen LogP contribution in [0.2, 0.25) is 0 Å². The largest absolute Gasteiger partial charge is 0.306 e. The smallest absolute Gasteiger partial charge is 0.131 e. The molecule has 0 saturated heterocycles. The Kier molecular flexibility index (Phi) is 6.13. The van der Waals surface area contributed by atoms with Crippen LogP contribution in [0.3, 0.4) is 0 Å². The molecule has 66 valence electrons. The zero-order valence-electron chi connectivity index (χ0n) is 7.89. The number of unbranched alkanes of at least 4 members (excludes halogenated alkanes) is 1. The van der Waals surface area contributed by atoms with Gasteiger partial charge in [-0.3, -0.25) is 4.79 Å². The number of ketones is 1. The van der Waals surface area contributed by atoms with Crippen LogP contribution in [-0.4, -0.2) is 30.8 Å². The Labute approximate surface area is 69.6 Å². The predicted molar refractivity (Wildman–Crippen MR) is 47.7 cm³/mol. The third-order valence-corrected chi connectivity index (χ3v) is 1.74. The van der Waals surface area contributed by atoms with E-state index >= 15 is 0 Å². The van der Waals surface area contributed by atoms with Gasteiger partial charge < -0.3 is 4.90 Å². The average molecular weight is 157 g/mol. The fraction of sp³-hybridized carbons (Fsp3) is 0.889. The summed E-state index contributed by atoms with van der Waals surface area (Å²) < 4.78 is 0. The molecule has 0 N–H and O–H groups in total. The van der Waals surface area contributed by atoms with Crippen molar-refractivity contribution >= 4 is 5.78 Å². The minimum absolute atomic E-state index is 0.286. The Balaban J connectivity index is 3.22. The molecule has 2 nitrogen and oxygen atoms in total. The summed E-state index contributed by atoms with van der Waals surface area (Å²) in [4.78, 5) is 12.8. The maximum Gasteiger partial charge on any atom is 0.131 e. The molecule has 0 aromatic heterocycles. The first-order valence-electron chi connectivity index (χ1n) is 4.34. The van der Waals surface area contributed by atoms with Crippen LogP contribution in [0.5, 0.6) is 0 Å². The van der Waals surface area contributed by atoms with Gasteiger partial charge in [-0.25, -0.2) is 0 Å². The van der Waals surface area contributed by atoms with Gasteiger partial charge in [0.15, 0.2) is 0 Å². The molecule has 0 spiro atoms. The molecule has 11 heavy (non-hydrogen) atoms. The third kappa shape index (κ3) is 7.53. The molecular weight excluding hydrogens is 138 g/mol. The molecule has 0 heterocycles. The molecule has 0 bridgehead atoms. The van der Waals surface area contributed by atoms with Crippen molar-refractivity contribution in [3.8, 4) is 0 Å². The first-order chi connectivity index (χ1) is 5.16. The number of nitrogens with zero attached hydrogens (tertiary/aromatic N) is 1. The maximum absolute atomic E-state index is 10.6. The van der Waals surface area contributed by atoms with Gasteiger partial charge in [-0.15, -0.1) is 0 Å². The van der Waals surface area contributed by atoms with Gasteiger partial charge in [-0.2, -0.15) is 0 Å². The highest BCUT2D eigenvalue weighted by Gasteiger charge is 1.98. The SMILES string of the molecule is CCCCN(C)CCC(C)=O. The van der Waals surface area contributed by atoms with Gasteiger partial charge in [-0.1, -0.05) is 13.3 Å². The summed E-state index contributed by atoms with van der Waals surface area (Å²) in [5, 5.41) is 0. The lowest BCUT2D eigenvalue weighted by atomic mass is 10.3. The minimum Gasteiger partial charge on any atom is -0.306 e. The summed E-state index contributed by atoms with van der Waals surface area (Å²) >= 11 is 0. The fourth-order valence-electron chi connectivity index (χ4n) is 0.888. The molecule has 0 rings (SSSR count). The first kappa shape index (κ1) is 10.6. The van der Waals surface area contributed by atoms with Crippen molar-refractivity contribution < 1.29 is 4.79 Å². The van der Waals surface area contributed by atoms with Crippen LogP contribution in [0.25, 0.3) is 0 Å². The van der Waals surface area contributed by atoms with Crippen LogP contribution in [0.4, 0.5) is 0 Å². The Morgan fingerprint density at radius 1 is 1.36 bits per heavy atom. The highest BCUT2D eigenvalue weighted by molar-refractivity contribution is 5.75. The number of Topliss-reactive ketones (excluding diaryl/α,β-unsaturated/α-hetero) is 1. The second kappa shape index (κ2) is 6.35. The number of carbonyl (C=O) groups is 1. The zero-order valence-corrected chi connectivity index (χ0v) is 7.89. The number of carbonyl (C=O) groups excluding carboxylic acids is 1. The van der Waals surface area contributed by atoms with Gasteiger partial charge in [-0.05, 0) is 26.9 Å². The predicted octanol–water partition coefficient (Wildman–Crippen LogP) is 1.70. The molecule has 2 heteroatoms. The van der Waals surface area contributed by atoms with Gasteiger partial charge in [0.2, 0.25) is 0 Å². The molecule has 0 fully saturated rings. The zero-order chi connectivity index (χ0) is 8.69. The van der Waals surface area contributed by atoms with Gasteiger partial charge in [0.25, 0.3) is 0 Å². The Morgan fingerprint density at radius 3 is 2.45 bits per heavy atom. The molecular formula is C9H19NO. The van der Waals surface area contributed by atoms with E-state index < -0.39 is 0 Å². The molecule has 0 radical (unpaired) electrons.